The Bertz CT molecular complexity index is 1290. The van der Waals surface area contributed by atoms with Crippen LogP contribution in [0, 0.1) is 17.2 Å². The van der Waals surface area contributed by atoms with E-state index in [9.17, 15) is 19.5 Å². The molecule has 8 heteroatoms. The average Bonchev–Trinajstić information content (AvgIpc) is 3.86. The molecule has 2 aromatic carbocycles. The number of amides is 2. The molecule has 1 heterocycles. The van der Waals surface area contributed by atoms with Crippen molar-refractivity contribution in [3.63, 3.8) is 0 Å². The Balaban J connectivity index is 1.29. The average molecular weight is 537 g/mol. The Hall–Kier alpha value is -3.26. The number of hydrogen-bond acceptors (Lipinski definition) is 5. The number of carboxylic acids is 1. The molecular formula is C31H35FNO6+. The Labute approximate surface area is 227 Å². The molecule has 0 spiro atoms. The zero-order valence-corrected chi connectivity index (χ0v) is 22.1. The van der Waals surface area contributed by atoms with Crippen molar-refractivity contribution in [2.45, 2.75) is 76.4 Å². The van der Waals surface area contributed by atoms with Gasteiger partial charge in [-0.05, 0) is 61.1 Å². The van der Waals surface area contributed by atoms with E-state index in [0.29, 0.717) is 30.3 Å². The molecule has 6 rings (SSSR count). The number of likely N-dealkylation sites (tertiary alicyclic amines) is 1. The normalized spacial score (nSPS) is 29.4. The van der Waals surface area contributed by atoms with E-state index in [1.165, 1.54) is 31.4 Å². The molecule has 7 nitrogen and oxygen atoms in total. The van der Waals surface area contributed by atoms with Gasteiger partial charge in [-0.3, -0.25) is 0 Å². The molecule has 1 N–H and O–H groups in total. The number of imide groups is 1. The number of nitrogens with zero attached hydrogens (tertiary/aromatic N) is 1. The zero-order chi connectivity index (χ0) is 27.2. The van der Waals surface area contributed by atoms with Gasteiger partial charge in [0.2, 0.25) is 6.04 Å². The Morgan fingerprint density at radius 3 is 2.54 bits per heavy atom. The van der Waals surface area contributed by atoms with Crippen LogP contribution in [0.2, 0.25) is 0 Å². The molecule has 1 aliphatic heterocycles. The van der Waals surface area contributed by atoms with Crippen molar-refractivity contribution >= 4 is 18.0 Å². The van der Waals surface area contributed by atoms with Crippen molar-refractivity contribution in [2.75, 3.05) is 13.2 Å². The van der Waals surface area contributed by atoms with Gasteiger partial charge in [-0.1, -0.05) is 43.2 Å². The maximum Gasteiger partial charge on any atom is 0.524 e. The molecule has 3 aliphatic carbocycles. The van der Waals surface area contributed by atoms with Crippen molar-refractivity contribution in [3.05, 3.63) is 65.0 Å². The van der Waals surface area contributed by atoms with E-state index in [2.05, 4.69) is 0 Å². The number of ether oxygens (including phenoxy) is 2. The number of rotatable bonds is 8. The van der Waals surface area contributed by atoms with Crippen molar-refractivity contribution < 1.29 is 37.8 Å². The Kier molecular flexibility index (Phi) is 6.69. The first-order valence-corrected chi connectivity index (χ1v) is 14.2. The number of carbonyl (C=O) groups excluding carboxylic acids is 2. The predicted octanol–water partition coefficient (Wildman–Crippen LogP) is 6.20. The van der Waals surface area contributed by atoms with Crippen molar-refractivity contribution in [1.82, 2.24) is 0 Å². The van der Waals surface area contributed by atoms with Crippen LogP contribution in [-0.4, -0.2) is 46.8 Å². The molecule has 206 valence electrons. The van der Waals surface area contributed by atoms with Crippen LogP contribution in [0.4, 0.5) is 9.18 Å². The van der Waals surface area contributed by atoms with E-state index in [1.807, 2.05) is 6.07 Å². The van der Waals surface area contributed by atoms with Crippen LogP contribution in [0.1, 0.15) is 85.2 Å². The smallest absolute Gasteiger partial charge is 0.493 e. The Morgan fingerprint density at radius 1 is 1.03 bits per heavy atom. The second-order valence-corrected chi connectivity index (χ2v) is 11.9. The minimum atomic E-state index is -1.34. The fraction of sp³-hybridized carbons (Fsp3) is 0.516. The lowest BCUT2D eigenvalue weighted by Crippen LogP contribution is -2.62. The Morgan fingerprint density at radius 2 is 1.82 bits per heavy atom. The van der Waals surface area contributed by atoms with Crippen LogP contribution in [0.5, 0.6) is 5.75 Å². The third-order valence-corrected chi connectivity index (χ3v) is 9.40. The number of fused-ring (bicyclic) bond motifs is 1. The maximum atomic E-state index is 15.7. The number of benzene rings is 2. The summed E-state index contributed by atoms with van der Waals surface area (Å²) in [5.74, 6) is -1.61. The first kappa shape index (κ1) is 26.0. The summed E-state index contributed by atoms with van der Waals surface area (Å²) in [5, 5.41) is 9.98. The van der Waals surface area contributed by atoms with Crippen LogP contribution < -0.4 is 4.74 Å². The fourth-order valence-corrected chi connectivity index (χ4v) is 6.87. The minimum absolute atomic E-state index is 0.0518. The number of carbonyl (C=O) groups is 3. The molecule has 3 saturated carbocycles. The minimum Gasteiger partial charge on any atom is -0.493 e. The largest absolute Gasteiger partial charge is 0.524 e. The third kappa shape index (κ3) is 4.73. The van der Waals surface area contributed by atoms with Gasteiger partial charge in [-0.25, -0.2) is 14.0 Å². The summed E-state index contributed by atoms with van der Waals surface area (Å²) in [6, 6.07) is 10.4. The highest BCUT2D eigenvalue weighted by Gasteiger charge is 2.60. The zero-order valence-electron chi connectivity index (χ0n) is 22.1. The lowest BCUT2D eigenvalue weighted by molar-refractivity contribution is -0.780. The third-order valence-electron chi connectivity index (χ3n) is 9.40. The molecule has 0 radical (unpaired) electrons. The molecule has 2 amide bonds. The number of quaternary nitrogens is 1. The summed E-state index contributed by atoms with van der Waals surface area (Å²) >= 11 is 0. The SMILES string of the molecule is O=C(O)[C@@H]1CCC[N+]1(C(=O)OCc1ccccc1)C(=O)c1cc(C2CC2)c(OCC23CCCCC2C3)cc1F. The van der Waals surface area contributed by atoms with Crippen molar-refractivity contribution in [3.8, 4) is 5.75 Å². The van der Waals surface area contributed by atoms with Crippen LogP contribution in [0.25, 0.3) is 0 Å². The predicted molar refractivity (Wildman–Crippen MR) is 140 cm³/mol. The van der Waals surface area contributed by atoms with Gasteiger partial charge in [0.1, 0.15) is 23.7 Å². The molecule has 0 aromatic heterocycles. The topological polar surface area (TPSA) is 89.9 Å². The molecule has 39 heavy (non-hydrogen) atoms. The van der Waals surface area contributed by atoms with Crippen LogP contribution in [0.3, 0.4) is 0 Å². The molecule has 4 atom stereocenters. The first-order valence-electron chi connectivity index (χ1n) is 14.2. The van der Waals surface area contributed by atoms with E-state index in [4.69, 9.17) is 9.47 Å². The van der Waals surface area contributed by atoms with Crippen LogP contribution in [0.15, 0.2) is 42.5 Å². The van der Waals surface area contributed by atoms with Gasteiger partial charge in [0, 0.05) is 24.3 Å². The standard InChI is InChI=1S/C31H34FNO6/c32-25-16-27(39-19-31-13-5-4-9-22(31)17-31)23(21-11-12-21)15-24(25)28(34)33(14-6-10-26(33)29(35)36)30(37)38-18-20-7-2-1-3-8-20/h1-3,7-8,15-16,21-22,26H,4-6,9-14,17-19H2/p+1/t22?,26-,31?,33?/m0/s1. The summed E-state index contributed by atoms with van der Waals surface area (Å²) in [6.07, 6.45) is 7.32. The maximum absolute atomic E-state index is 15.7. The fourth-order valence-electron chi connectivity index (χ4n) is 6.87. The van der Waals surface area contributed by atoms with Gasteiger partial charge >= 0.3 is 18.0 Å². The number of carboxylic acid groups (broad SMARTS) is 1. The molecule has 2 aromatic rings. The van der Waals surface area contributed by atoms with Gasteiger partial charge < -0.3 is 14.6 Å². The molecule has 1 saturated heterocycles. The molecule has 4 aliphatic rings. The number of aliphatic carboxylic acids is 1. The summed E-state index contributed by atoms with van der Waals surface area (Å²) in [5.41, 5.74) is 1.41. The second kappa shape index (κ2) is 10.0. The second-order valence-electron chi connectivity index (χ2n) is 11.9. The number of hydrogen-bond donors (Lipinski definition) is 1. The van der Waals surface area contributed by atoms with E-state index in [-0.39, 0.29) is 36.5 Å². The van der Waals surface area contributed by atoms with Gasteiger partial charge in [-0.2, -0.15) is 4.79 Å². The highest BCUT2D eigenvalue weighted by Crippen LogP contribution is 2.61. The van der Waals surface area contributed by atoms with E-state index in [1.54, 1.807) is 24.3 Å². The van der Waals surface area contributed by atoms with Gasteiger partial charge in [0.25, 0.3) is 0 Å². The monoisotopic (exact) mass is 536 g/mol. The van der Waals surface area contributed by atoms with E-state index < -0.39 is 34.3 Å². The summed E-state index contributed by atoms with van der Waals surface area (Å²) in [7, 11) is 0. The number of halogens is 1. The van der Waals surface area contributed by atoms with Crippen molar-refractivity contribution in [2.24, 2.45) is 11.3 Å². The lowest BCUT2D eigenvalue weighted by atomic mass is 9.89. The highest BCUT2D eigenvalue weighted by molar-refractivity contribution is 5.97. The van der Waals surface area contributed by atoms with Crippen LogP contribution in [-0.2, 0) is 16.1 Å². The lowest BCUT2D eigenvalue weighted by Gasteiger charge is -2.31. The van der Waals surface area contributed by atoms with E-state index in [0.717, 1.165) is 31.2 Å². The molecular weight excluding hydrogens is 501 g/mol. The first-order chi connectivity index (χ1) is 18.8. The van der Waals surface area contributed by atoms with E-state index >= 15 is 4.39 Å². The van der Waals surface area contributed by atoms with Crippen LogP contribution >= 0.6 is 0 Å². The quantitative estimate of drug-likeness (QED) is 0.404. The summed E-state index contributed by atoms with van der Waals surface area (Å²) in [6.45, 7) is 0.394. The van der Waals surface area contributed by atoms with Gasteiger partial charge in [0.15, 0.2) is 0 Å². The molecule has 3 unspecified atom stereocenters. The molecule has 4 fully saturated rings. The summed E-state index contributed by atoms with van der Waals surface area (Å²) in [4.78, 5) is 39.8. The van der Waals surface area contributed by atoms with Crippen molar-refractivity contribution in [1.29, 1.82) is 0 Å². The highest BCUT2D eigenvalue weighted by atomic mass is 19.1. The molecule has 0 bridgehead atoms. The van der Waals surface area contributed by atoms with Gasteiger partial charge in [-0.15, -0.1) is 4.48 Å². The summed E-state index contributed by atoms with van der Waals surface area (Å²) < 4.78 is 26.4. The van der Waals surface area contributed by atoms with Gasteiger partial charge in [0.05, 0.1) is 13.2 Å².